The normalized spacial score (nSPS) is 12.4. The standard InChI is InChI=1S/C9H18N2O/c1-4-5-10-8-9(2)11-6-7-12-3/h1,9-11H,5-8H2,2-3H3. The Bertz CT molecular complexity index is 131. The fourth-order valence-electron chi connectivity index (χ4n) is 0.840. The summed E-state index contributed by atoms with van der Waals surface area (Å²) in [4.78, 5) is 0. The molecule has 1 atom stereocenters. The van der Waals surface area contributed by atoms with E-state index < -0.39 is 0 Å². The van der Waals surface area contributed by atoms with Gasteiger partial charge >= 0.3 is 0 Å². The van der Waals surface area contributed by atoms with E-state index in [0.717, 1.165) is 19.7 Å². The van der Waals surface area contributed by atoms with E-state index in [-0.39, 0.29) is 0 Å². The van der Waals surface area contributed by atoms with Crippen molar-refractivity contribution in [2.45, 2.75) is 13.0 Å². The maximum atomic E-state index is 5.08. The molecule has 0 spiro atoms. The van der Waals surface area contributed by atoms with Crippen molar-refractivity contribution in [3.8, 4) is 12.3 Å². The third kappa shape index (κ3) is 7.55. The molecule has 0 aromatic carbocycles. The van der Waals surface area contributed by atoms with Crippen LogP contribution in [-0.4, -0.2) is 39.4 Å². The molecule has 0 aromatic heterocycles. The second kappa shape index (κ2) is 8.54. The zero-order valence-electron chi connectivity index (χ0n) is 7.89. The lowest BCUT2D eigenvalue weighted by molar-refractivity contribution is 0.196. The van der Waals surface area contributed by atoms with Gasteiger partial charge in [0, 0.05) is 26.2 Å². The van der Waals surface area contributed by atoms with Crippen molar-refractivity contribution >= 4 is 0 Å². The Hall–Kier alpha value is -0.560. The second-order valence-electron chi connectivity index (χ2n) is 2.68. The first-order chi connectivity index (χ1) is 5.81. The molecule has 0 saturated heterocycles. The van der Waals surface area contributed by atoms with Gasteiger partial charge in [0.25, 0.3) is 0 Å². The molecular weight excluding hydrogens is 152 g/mol. The SMILES string of the molecule is C#CCNCC(C)NCCOC. The van der Waals surface area contributed by atoms with Crippen LogP contribution in [-0.2, 0) is 4.74 Å². The van der Waals surface area contributed by atoms with Crippen LogP contribution in [0.5, 0.6) is 0 Å². The Morgan fingerprint density at radius 1 is 1.58 bits per heavy atom. The van der Waals surface area contributed by atoms with Gasteiger partial charge in [-0.25, -0.2) is 0 Å². The molecule has 0 aliphatic heterocycles. The molecule has 0 amide bonds. The fraction of sp³-hybridized carbons (Fsp3) is 0.778. The highest BCUT2D eigenvalue weighted by Gasteiger charge is 1.97. The van der Waals surface area contributed by atoms with Gasteiger partial charge in [0.2, 0.25) is 0 Å². The summed E-state index contributed by atoms with van der Waals surface area (Å²) in [5, 5.41) is 6.41. The first kappa shape index (κ1) is 11.4. The summed E-state index contributed by atoms with van der Waals surface area (Å²) in [6.07, 6.45) is 5.08. The maximum Gasteiger partial charge on any atom is 0.0587 e. The molecule has 0 saturated carbocycles. The van der Waals surface area contributed by atoms with Crippen molar-refractivity contribution < 1.29 is 4.74 Å². The Morgan fingerprint density at radius 2 is 2.33 bits per heavy atom. The van der Waals surface area contributed by atoms with E-state index in [1.807, 2.05) is 0 Å². The van der Waals surface area contributed by atoms with E-state index in [4.69, 9.17) is 11.2 Å². The predicted molar refractivity (Wildman–Crippen MR) is 51.0 cm³/mol. The highest BCUT2D eigenvalue weighted by Crippen LogP contribution is 1.77. The average molecular weight is 170 g/mol. The lowest BCUT2D eigenvalue weighted by atomic mass is 10.3. The van der Waals surface area contributed by atoms with Gasteiger partial charge < -0.3 is 15.4 Å². The molecule has 12 heavy (non-hydrogen) atoms. The molecule has 3 nitrogen and oxygen atoms in total. The van der Waals surface area contributed by atoms with Crippen molar-refractivity contribution in [3.05, 3.63) is 0 Å². The van der Waals surface area contributed by atoms with E-state index in [0.29, 0.717) is 12.6 Å². The number of hydrogen-bond acceptors (Lipinski definition) is 3. The minimum Gasteiger partial charge on any atom is -0.383 e. The van der Waals surface area contributed by atoms with Gasteiger partial charge in [-0.2, -0.15) is 0 Å². The lowest BCUT2D eigenvalue weighted by Crippen LogP contribution is -2.37. The van der Waals surface area contributed by atoms with E-state index in [1.54, 1.807) is 7.11 Å². The molecule has 0 rings (SSSR count). The van der Waals surface area contributed by atoms with Crippen LogP contribution >= 0.6 is 0 Å². The smallest absolute Gasteiger partial charge is 0.0587 e. The summed E-state index contributed by atoms with van der Waals surface area (Å²) in [5.74, 6) is 2.53. The third-order valence-corrected chi connectivity index (χ3v) is 1.48. The van der Waals surface area contributed by atoms with E-state index in [1.165, 1.54) is 0 Å². The summed E-state index contributed by atoms with van der Waals surface area (Å²) in [6.45, 7) is 5.28. The van der Waals surface area contributed by atoms with Gasteiger partial charge in [-0.1, -0.05) is 5.92 Å². The quantitative estimate of drug-likeness (QED) is 0.411. The van der Waals surface area contributed by atoms with Crippen molar-refractivity contribution in [3.63, 3.8) is 0 Å². The third-order valence-electron chi connectivity index (χ3n) is 1.48. The number of ether oxygens (including phenoxy) is 1. The topological polar surface area (TPSA) is 33.3 Å². The molecule has 2 N–H and O–H groups in total. The number of methoxy groups -OCH3 is 1. The lowest BCUT2D eigenvalue weighted by Gasteiger charge is -2.12. The molecule has 3 heteroatoms. The molecule has 0 heterocycles. The molecule has 1 unspecified atom stereocenters. The largest absolute Gasteiger partial charge is 0.383 e. The minimum absolute atomic E-state index is 0.438. The van der Waals surface area contributed by atoms with Crippen LogP contribution in [0, 0.1) is 12.3 Å². The number of terminal acetylenes is 1. The Balaban J connectivity index is 3.11. The van der Waals surface area contributed by atoms with Crippen LogP contribution in [0.2, 0.25) is 0 Å². The zero-order valence-corrected chi connectivity index (χ0v) is 7.89. The monoisotopic (exact) mass is 170 g/mol. The first-order valence-corrected chi connectivity index (χ1v) is 4.17. The Morgan fingerprint density at radius 3 is 2.92 bits per heavy atom. The molecular formula is C9H18N2O. The molecule has 0 bridgehead atoms. The van der Waals surface area contributed by atoms with Crippen molar-refractivity contribution in [2.75, 3.05) is 33.4 Å². The summed E-state index contributed by atoms with van der Waals surface area (Å²) in [5.41, 5.74) is 0. The Kier molecular flexibility index (Phi) is 8.14. The van der Waals surface area contributed by atoms with Gasteiger partial charge in [-0.3, -0.25) is 0 Å². The van der Waals surface area contributed by atoms with Gasteiger partial charge in [0.05, 0.1) is 13.2 Å². The van der Waals surface area contributed by atoms with E-state index in [2.05, 4.69) is 23.5 Å². The van der Waals surface area contributed by atoms with Gasteiger partial charge in [-0.05, 0) is 6.92 Å². The highest BCUT2D eigenvalue weighted by atomic mass is 16.5. The van der Waals surface area contributed by atoms with Crippen molar-refractivity contribution in [1.29, 1.82) is 0 Å². The summed E-state index contributed by atoms with van der Waals surface area (Å²) >= 11 is 0. The van der Waals surface area contributed by atoms with Crippen LogP contribution in [0.15, 0.2) is 0 Å². The van der Waals surface area contributed by atoms with Crippen LogP contribution < -0.4 is 10.6 Å². The maximum absolute atomic E-state index is 5.08. The van der Waals surface area contributed by atoms with E-state index in [9.17, 15) is 0 Å². The second-order valence-corrected chi connectivity index (χ2v) is 2.68. The van der Waals surface area contributed by atoms with Crippen molar-refractivity contribution in [1.82, 2.24) is 10.6 Å². The first-order valence-electron chi connectivity index (χ1n) is 4.17. The zero-order chi connectivity index (χ0) is 9.23. The van der Waals surface area contributed by atoms with Crippen LogP contribution in [0.25, 0.3) is 0 Å². The summed E-state index contributed by atoms with van der Waals surface area (Å²) in [6, 6.07) is 0.438. The summed E-state index contributed by atoms with van der Waals surface area (Å²) in [7, 11) is 1.70. The fourth-order valence-corrected chi connectivity index (χ4v) is 0.840. The molecule has 0 aliphatic carbocycles. The molecule has 0 aromatic rings. The molecule has 0 fully saturated rings. The molecule has 0 aliphatic rings. The van der Waals surface area contributed by atoms with Crippen LogP contribution in [0.4, 0.5) is 0 Å². The van der Waals surface area contributed by atoms with Crippen molar-refractivity contribution in [2.24, 2.45) is 0 Å². The predicted octanol–water partition coefficient (Wildman–Crippen LogP) is -0.166. The Labute approximate surface area is 74.9 Å². The minimum atomic E-state index is 0.438. The van der Waals surface area contributed by atoms with Gasteiger partial charge in [-0.15, -0.1) is 6.42 Å². The number of rotatable bonds is 7. The highest BCUT2D eigenvalue weighted by molar-refractivity contribution is 4.86. The molecule has 70 valence electrons. The van der Waals surface area contributed by atoms with Crippen LogP contribution in [0.3, 0.4) is 0 Å². The average Bonchev–Trinajstić information content (AvgIpc) is 2.06. The van der Waals surface area contributed by atoms with E-state index >= 15 is 0 Å². The molecule has 0 radical (unpaired) electrons. The number of nitrogens with one attached hydrogen (secondary N) is 2. The summed E-state index contributed by atoms with van der Waals surface area (Å²) < 4.78 is 4.90. The van der Waals surface area contributed by atoms with Crippen LogP contribution in [0.1, 0.15) is 6.92 Å². The number of hydrogen-bond donors (Lipinski definition) is 2. The van der Waals surface area contributed by atoms with Gasteiger partial charge in [0.15, 0.2) is 0 Å². The van der Waals surface area contributed by atoms with Gasteiger partial charge in [0.1, 0.15) is 0 Å².